The van der Waals surface area contributed by atoms with E-state index in [0.717, 1.165) is 6.42 Å². The van der Waals surface area contributed by atoms with E-state index in [-0.39, 0.29) is 0 Å². The summed E-state index contributed by atoms with van der Waals surface area (Å²) in [5.74, 6) is 14.2. The summed E-state index contributed by atoms with van der Waals surface area (Å²) in [5, 5.41) is 0. The number of aryl methyl sites for hydroxylation is 2. The van der Waals surface area contributed by atoms with Gasteiger partial charge in [0.05, 0.1) is 0 Å². The van der Waals surface area contributed by atoms with E-state index in [9.17, 15) is 0 Å². The van der Waals surface area contributed by atoms with Crippen molar-refractivity contribution in [2.75, 3.05) is 0 Å². The lowest BCUT2D eigenvalue weighted by Gasteiger charge is -2.27. The average Bonchev–Trinajstić information content (AvgIpc) is 2.43. The minimum atomic E-state index is 0.379. The first-order valence-corrected chi connectivity index (χ1v) is 7.31. The molecule has 1 aliphatic rings. The Kier molecular flexibility index (Phi) is 4.70. The highest BCUT2D eigenvalue weighted by Crippen LogP contribution is 2.35. The van der Waals surface area contributed by atoms with Gasteiger partial charge in [0.2, 0.25) is 0 Å². The first-order valence-electron chi connectivity index (χ1n) is 7.31. The highest BCUT2D eigenvalue weighted by atomic mass is 14.3. The van der Waals surface area contributed by atoms with Gasteiger partial charge in [0, 0.05) is 12.3 Å². The monoisotopic (exact) mass is 262 g/mol. The Bertz CT molecular complexity index is 625. The first-order chi connectivity index (χ1) is 9.59. The minimum absolute atomic E-state index is 0.379. The van der Waals surface area contributed by atoms with Crippen LogP contribution in [-0.4, -0.2) is 0 Å². The maximum absolute atomic E-state index is 3.33. The Morgan fingerprint density at radius 1 is 1.05 bits per heavy atom. The van der Waals surface area contributed by atoms with Crippen LogP contribution in [0.25, 0.3) is 0 Å². The highest BCUT2D eigenvalue weighted by molar-refractivity contribution is 5.36. The molecule has 3 unspecified atom stereocenters. The van der Waals surface area contributed by atoms with Crippen LogP contribution in [0.4, 0.5) is 0 Å². The molecule has 0 radical (unpaired) electrons. The largest absolute Gasteiger partial charge is 0.0979 e. The quantitative estimate of drug-likeness (QED) is 0.647. The Morgan fingerprint density at radius 3 is 2.60 bits per heavy atom. The van der Waals surface area contributed by atoms with Crippen LogP contribution in [-0.2, 0) is 0 Å². The number of rotatable bonds is 1. The molecule has 0 bridgehead atoms. The zero-order valence-corrected chi connectivity index (χ0v) is 12.8. The van der Waals surface area contributed by atoms with Gasteiger partial charge in [0.1, 0.15) is 0 Å². The molecule has 0 nitrogen and oxygen atoms in total. The van der Waals surface area contributed by atoms with E-state index < -0.39 is 0 Å². The molecule has 0 fully saturated rings. The molecule has 0 saturated carbocycles. The maximum Gasteiger partial charge on any atom is 0.0209 e. The predicted molar refractivity (Wildman–Crippen MR) is 86.3 cm³/mol. The Hall–Kier alpha value is -1.92. The average molecular weight is 262 g/mol. The third kappa shape index (κ3) is 3.34. The van der Waals surface area contributed by atoms with Crippen molar-refractivity contribution in [3.63, 3.8) is 0 Å². The van der Waals surface area contributed by atoms with E-state index in [1.807, 2.05) is 12.2 Å². The van der Waals surface area contributed by atoms with Gasteiger partial charge in [0.15, 0.2) is 0 Å². The van der Waals surface area contributed by atoms with E-state index in [4.69, 9.17) is 0 Å². The van der Waals surface area contributed by atoms with Gasteiger partial charge >= 0.3 is 0 Å². The van der Waals surface area contributed by atoms with Crippen molar-refractivity contribution in [3.05, 3.63) is 47.0 Å². The van der Waals surface area contributed by atoms with Crippen LogP contribution in [0.5, 0.6) is 0 Å². The molecular weight excluding hydrogens is 240 g/mol. The molecule has 2 rings (SSSR count). The van der Waals surface area contributed by atoms with E-state index in [2.05, 4.69) is 69.6 Å². The number of hydrogen-bond acceptors (Lipinski definition) is 0. The molecule has 0 amide bonds. The summed E-state index contributed by atoms with van der Waals surface area (Å²) in [5.41, 5.74) is 4.12. The van der Waals surface area contributed by atoms with Gasteiger partial charge in [0.25, 0.3) is 0 Å². The number of benzene rings is 1. The normalized spacial score (nSPS) is 26.7. The van der Waals surface area contributed by atoms with Gasteiger partial charge in [-0.2, -0.15) is 0 Å². The molecule has 0 heterocycles. The SMILES string of the molecule is Cc1ccc(C)c(C2CC#C/C=C\C#CC(C)C2C)c1. The molecule has 20 heavy (non-hydrogen) atoms. The Morgan fingerprint density at radius 2 is 1.80 bits per heavy atom. The molecule has 0 spiro atoms. The van der Waals surface area contributed by atoms with E-state index >= 15 is 0 Å². The fourth-order valence-electron chi connectivity index (χ4n) is 2.71. The molecule has 0 saturated heterocycles. The van der Waals surface area contributed by atoms with Crippen molar-refractivity contribution in [2.24, 2.45) is 11.8 Å². The van der Waals surface area contributed by atoms with Crippen LogP contribution in [0, 0.1) is 49.4 Å². The molecule has 3 atom stereocenters. The van der Waals surface area contributed by atoms with Crippen molar-refractivity contribution < 1.29 is 0 Å². The van der Waals surface area contributed by atoms with Crippen LogP contribution in [0.2, 0.25) is 0 Å². The maximum atomic E-state index is 3.33. The van der Waals surface area contributed by atoms with Crippen molar-refractivity contribution >= 4 is 0 Å². The summed E-state index contributed by atoms with van der Waals surface area (Å²) in [6.07, 6.45) is 4.62. The van der Waals surface area contributed by atoms with Crippen molar-refractivity contribution in [2.45, 2.75) is 40.0 Å². The van der Waals surface area contributed by atoms with Gasteiger partial charge in [-0.1, -0.05) is 61.3 Å². The van der Waals surface area contributed by atoms with Crippen molar-refractivity contribution in [1.82, 2.24) is 0 Å². The van der Waals surface area contributed by atoms with Crippen LogP contribution in [0.1, 0.15) is 42.9 Å². The smallest absolute Gasteiger partial charge is 0.0209 e. The van der Waals surface area contributed by atoms with Crippen LogP contribution in [0.15, 0.2) is 30.4 Å². The number of hydrogen-bond donors (Lipinski definition) is 0. The standard InChI is InChI=1S/C20H22/c1-15-12-13-17(3)20(14-15)19-11-9-7-5-6-8-10-16(2)18(19)4/h5-6,12-14,16,18-19H,11H2,1-4H3/b6-5-. The summed E-state index contributed by atoms with van der Waals surface area (Å²) in [6, 6.07) is 6.72. The third-order valence-corrected chi connectivity index (χ3v) is 4.24. The van der Waals surface area contributed by atoms with Gasteiger partial charge in [-0.25, -0.2) is 0 Å². The second-order valence-electron chi connectivity index (χ2n) is 5.76. The van der Waals surface area contributed by atoms with Crippen LogP contribution < -0.4 is 0 Å². The lowest BCUT2D eigenvalue weighted by Crippen LogP contribution is -2.17. The fourth-order valence-corrected chi connectivity index (χ4v) is 2.71. The Balaban J connectivity index is 2.43. The minimum Gasteiger partial charge on any atom is -0.0979 e. The summed E-state index contributed by atoms with van der Waals surface area (Å²) in [6.45, 7) is 8.88. The molecule has 1 aliphatic carbocycles. The number of allylic oxidation sites excluding steroid dienone is 2. The zero-order chi connectivity index (χ0) is 14.5. The van der Waals surface area contributed by atoms with Crippen molar-refractivity contribution in [3.8, 4) is 23.7 Å². The van der Waals surface area contributed by atoms with Gasteiger partial charge < -0.3 is 0 Å². The second-order valence-corrected chi connectivity index (χ2v) is 5.76. The Labute approximate surface area is 123 Å². The summed E-state index contributed by atoms with van der Waals surface area (Å²) < 4.78 is 0. The van der Waals surface area contributed by atoms with Crippen LogP contribution >= 0.6 is 0 Å². The predicted octanol–water partition coefficient (Wildman–Crippen LogP) is 4.63. The van der Waals surface area contributed by atoms with E-state index in [1.165, 1.54) is 16.7 Å². The van der Waals surface area contributed by atoms with Gasteiger partial charge in [-0.15, -0.1) is 0 Å². The van der Waals surface area contributed by atoms with Crippen molar-refractivity contribution in [1.29, 1.82) is 0 Å². The summed E-state index contributed by atoms with van der Waals surface area (Å²) in [4.78, 5) is 0. The molecule has 0 aliphatic heterocycles. The lowest BCUT2D eigenvalue weighted by atomic mass is 9.76. The summed E-state index contributed by atoms with van der Waals surface area (Å²) in [7, 11) is 0. The molecule has 1 aromatic carbocycles. The summed E-state index contributed by atoms with van der Waals surface area (Å²) >= 11 is 0. The molecule has 1 aromatic rings. The molecular formula is C20H22. The van der Waals surface area contributed by atoms with Gasteiger partial charge in [-0.05, 0) is 49.0 Å². The molecule has 102 valence electrons. The topological polar surface area (TPSA) is 0 Å². The zero-order valence-electron chi connectivity index (χ0n) is 12.8. The highest BCUT2D eigenvalue weighted by Gasteiger charge is 2.24. The molecule has 0 N–H and O–H groups in total. The first kappa shape index (κ1) is 14.5. The van der Waals surface area contributed by atoms with Gasteiger partial charge in [-0.3, -0.25) is 0 Å². The lowest BCUT2D eigenvalue weighted by molar-refractivity contribution is 0.387. The van der Waals surface area contributed by atoms with Crippen LogP contribution in [0.3, 0.4) is 0 Å². The molecule has 0 aromatic heterocycles. The molecule has 0 heteroatoms. The second kappa shape index (κ2) is 6.49. The third-order valence-electron chi connectivity index (χ3n) is 4.24. The van der Waals surface area contributed by atoms with E-state index in [0.29, 0.717) is 17.8 Å². The van der Waals surface area contributed by atoms with E-state index in [1.54, 1.807) is 0 Å². The fraction of sp³-hybridized carbons (Fsp3) is 0.400.